The quantitative estimate of drug-likeness (QED) is 0.597. The molecule has 0 saturated heterocycles. The van der Waals surface area contributed by atoms with Crippen LogP contribution in [0.3, 0.4) is 0 Å². The van der Waals surface area contributed by atoms with Crippen LogP contribution in [0, 0.1) is 25.5 Å². The summed E-state index contributed by atoms with van der Waals surface area (Å²) in [5, 5.41) is 0.650. The van der Waals surface area contributed by atoms with Gasteiger partial charge in [-0.05, 0) is 54.7 Å². The van der Waals surface area contributed by atoms with Crippen LogP contribution in [-0.2, 0) is 6.42 Å². The Balaban J connectivity index is 2.28. The van der Waals surface area contributed by atoms with Crippen molar-refractivity contribution in [2.45, 2.75) is 25.1 Å². The molecule has 106 valence electrons. The highest BCUT2D eigenvalue weighted by Gasteiger charge is 2.16. The fourth-order valence-corrected chi connectivity index (χ4v) is 3.24. The molecule has 0 aliphatic rings. The highest BCUT2D eigenvalue weighted by Crippen LogP contribution is 2.34. The Morgan fingerprint density at radius 2 is 1.75 bits per heavy atom. The molecule has 1 unspecified atom stereocenters. The summed E-state index contributed by atoms with van der Waals surface area (Å²) in [6, 6.07) is 7.53. The number of hydrogen-bond acceptors (Lipinski definition) is 0. The molecule has 2 aromatic rings. The van der Waals surface area contributed by atoms with Crippen LogP contribution in [0.5, 0.6) is 0 Å². The van der Waals surface area contributed by atoms with Gasteiger partial charge >= 0.3 is 0 Å². The van der Waals surface area contributed by atoms with E-state index in [4.69, 9.17) is 11.6 Å². The highest BCUT2D eigenvalue weighted by molar-refractivity contribution is 9.09. The van der Waals surface area contributed by atoms with Gasteiger partial charge in [-0.15, -0.1) is 0 Å². The van der Waals surface area contributed by atoms with Crippen molar-refractivity contribution in [1.82, 2.24) is 0 Å². The van der Waals surface area contributed by atoms with Gasteiger partial charge in [0.05, 0.1) is 0 Å². The van der Waals surface area contributed by atoms with Crippen LogP contribution >= 0.6 is 27.5 Å². The molecule has 2 aromatic carbocycles. The van der Waals surface area contributed by atoms with E-state index >= 15 is 0 Å². The summed E-state index contributed by atoms with van der Waals surface area (Å²) in [6.07, 6.45) is 0.411. The van der Waals surface area contributed by atoms with E-state index in [1.807, 2.05) is 26.0 Å². The van der Waals surface area contributed by atoms with E-state index in [2.05, 4.69) is 15.9 Å². The van der Waals surface area contributed by atoms with Crippen molar-refractivity contribution in [2.24, 2.45) is 0 Å². The van der Waals surface area contributed by atoms with Crippen LogP contribution in [-0.4, -0.2) is 0 Å². The molecule has 0 nitrogen and oxygen atoms in total. The van der Waals surface area contributed by atoms with Gasteiger partial charge in [0, 0.05) is 15.9 Å². The minimum absolute atomic E-state index is 0.116. The number of hydrogen-bond donors (Lipinski definition) is 0. The lowest BCUT2D eigenvalue weighted by Gasteiger charge is -2.15. The van der Waals surface area contributed by atoms with Gasteiger partial charge in [0.15, 0.2) is 0 Å². The van der Waals surface area contributed by atoms with Crippen LogP contribution < -0.4 is 0 Å². The monoisotopic (exact) mass is 358 g/mol. The Hall–Kier alpha value is -0.930. The van der Waals surface area contributed by atoms with E-state index in [1.165, 1.54) is 12.1 Å². The topological polar surface area (TPSA) is 0 Å². The first-order chi connectivity index (χ1) is 9.38. The first-order valence-corrected chi connectivity index (χ1v) is 7.52. The number of benzene rings is 2. The predicted molar refractivity (Wildman–Crippen MR) is 82.7 cm³/mol. The van der Waals surface area contributed by atoms with Gasteiger partial charge in [-0.25, -0.2) is 8.78 Å². The third-order valence-corrected chi connectivity index (χ3v) is 4.51. The second-order valence-electron chi connectivity index (χ2n) is 4.87. The average Bonchev–Trinajstić information content (AvgIpc) is 2.37. The van der Waals surface area contributed by atoms with Crippen LogP contribution in [0.25, 0.3) is 0 Å². The van der Waals surface area contributed by atoms with Gasteiger partial charge < -0.3 is 0 Å². The lowest BCUT2D eigenvalue weighted by Crippen LogP contribution is -2.00. The van der Waals surface area contributed by atoms with E-state index < -0.39 is 11.6 Å². The maximum Gasteiger partial charge on any atom is 0.129 e. The molecule has 0 radical (unpaired) electrons. The largest absolute Gasteiger partial charge is 0.207 e. The molecule has 20 heavy (non-hydrogen) atoms. The van der Waals surface area contributed by atoms with Crippen molar-refractivity contribution in [1.29, 1.82) is 0 Å². The smallest absolute Gasteiger partial charge is 0.129 e. The number of rotatable bonds is 3. The lowest BCUT2D eigenvalue weighted by atomic mass is 10.00. The summed E-state index contributed by atoms with van der Waals surface area (Å²) in [7, 11) is 0. The Morgan fingerprint density at radius 3 is 2.40 bits per heavy atom. The van der Waals surface area contributed by atoms with E-state index in [0.717, 1.165) is 22.8 Å². The molecule has 4 heteroatoms. The molecule has 0 aliphatic carbocycles. The molecule has 0 spiro atoms. The Kier molecular flexibility index (Phi) is 4.82. The van der Waals surface area contributed by atoms with E-state index in [-0.39, 0.29) is 4.83 Å². The molecule has 0 aliphatic heterocycles. The molecule has 0 amide bonds. The second-order valence-corrected chi connectivity index (χ2v) is 6.38. The molecule has 0 bridgehead atoms. The molecule has 2 rings (SSSR count). The van der Waals surface area contributed by atoms with Gasteiger partial charge in [0.25, 0.3) is 0 Å². The van der Waals surface area contributed by atoms with E-state index in [0.29, 0.717) is 17.0 Å². The van der Waals surface area contributed by atoms with Crippen LogP contribution in [0.2, 0.25) is 5.02 Å². The number of halogens is 4. The summed E-state index contributed by atoms with van der Waals surface area (Å²) in [5.41, 5.74) is 3.63. The fourth-order valence-electron chi connectivity index (χ4n) is 2.03. The Morgan fingerprint density at radius 1 is 1.10 bits per heavy atom. The van der Waals surface area contributed by atoms with Crippen molar-refractivity contribution in [3.05, 3.63) is 69.2 Å². The van der Waals surface area contributed by atoms with Gasteiger partial charge in [0.1, 0.15) is 11.6 Å². The van der Waals surface area contributed by atoms with Crippen LogP contribution in [0.1, 0.15) is 27.1 Å². The minimum atomic E-state index is -0.568. The first kappa shape index (κ1) is 15.5. The lowest BCUT2D eigenvalue weighted by molar-refractivity contribution is 0.571. The van der Waals surface area contributed by atoms with Gasteiger partial charge in [-0.2, -0.15) is 0 Å². The molecule has 0 heterocycles. The van der Waals surface area contributed by atoms with Crippen molar-refractivity contribution in [3.63, 3.8) is 0 Å². The molecule has 0 saturated carbocycles. The summed E-state index contributed by atoms with van der Waals surface area (Å²) >= 11 is 9.78. The van der Waals surface area contributed by atoms with Crippen molar-refractivity contribution >= 4 is 27.5 Å². The second kappa shape index (κ2) is 6.23. The average molecular weight is 360 g/mol. The highest BCUT2D eigenvalue weighted by atomic mass is 79.9. The SMILES string of the molecule is Cc1cc(Cl)c(C(Br)Cc2ccc(F)cc2F)cc1C. The van der Waals surface area contributed by atoms with Crippen LogP contribution in [0.4, 0.5) is 8.78 Å². The van der Waals surface area contributed by atoms with E-state index in [1.54, 1.807) is 0 Å². The van der Waals surface area contributed by atoms with Crippen LogP contribution in [0.15, 0.2) is 30.3 Å². The third kappa shape index (κ3) is 3.39. The Bertz CT molecular complexity index is 641. The third-order valence-electron chi connectivity index (χ3n) is 3.36. The maximum atomic E-state index is 13.7. The number of alkyl halides is 1. The minimum Gasteiger partial charge on any atom is -0.207 e. The summed E-state index contributed by atoms with van der Waals surface area (Å²) in [5.74, 6) is -1.10. The van der Waals surface area contributed by atoms with E-state index in [9.17, 15) is 8.78 Å². The molecule has 0 fully saturated rings. The number of aryl methyl sites for hydroxylation is 2. The zero-order valence-corrected chi connectivity index (χ0v) is 13.5. The van der Waals surface area contributed by atoms with Gasteiger partial charge in [0.2, 0.25) is 0 Å². The molecule has 1 atom stereocenters. The first-order valence-electron chi connectivity index (χ1n) is 6.23. The Labute approximate surface area is 130 Å². The van der Waals surface area contributed by atoms with Crippen molar-refractivity contribution in [2.75, 3.05) is 0 Å². The van der Waals surface area contributed by atoms with Crippen molar-refractivity contribution < 1.29 is 8.78 Å². The summed E-state index contributed by atoms with van der Waals surface area (Å²) in [6.45, 7) is 4.00. The normalized spacial score (nSPS) is 12.5. The van der Waals surface area contributed by atoms with Gasteiger partial charge in [-0.1, -0.05) is 39.7 Å². The standard InChI is InChI=1S/C16H14BrClF2/c1-9-5-13(15(18)6-10(9)2)14(17)7-11-3-4-12(19)8-16(11)20/h3-6,8,14H,7H2,1-2H3. The predicted octanol–water partition coefficient (Wildman–Crippen LogP) is 5.91. The zero-order chi connectivity index (χ0) is 14.9. The molecule has 0 aromatic heterocycles. The molecule has 0 N–H and O–H groups in total. The summed E-state index contributed by atoms with van der Waals surface area (Å²) in [4.78, 5) is -0.116. The van der Waals surface area contributed by atoms with Crippen molar-refractivity contribution in [3.8, 4) is 0 Å². The molecular formula is C16H14BrClF2. The zero-order valence-electron chi connectivity index (χ0n) is 11.2. The molecular weight excluding hydrogens is 346 g/mol. The maximum absolute atomic E-state index is 13.7. The summed E-state index contributed by atoms with van der Waals surface area (Å²) < 4.78 is 26.6. The van der Waals surface area contributed by atoms with Gasteiger partial charge in [-0.3, -0.25) is 0 Å². The fraction of sp³-hybridized carbons (Fsp3) is 0.250.